The predicted octanol–water partition coefficient (Wildman–Crippen LogP) is 2.32. The zero-order chi connectivity index (χ0) is 14.5. The molecule has 0 spiro atoms. The lowest BCUT2D eigenvalue weighted by molar-refractivity contribution is 0.582. The molecule has 0 atom stereocenters. The molecule has 0 bridgehead atoms. The Morgan fingerprint density at radius 1 is 1.30 bits per heavy atom. The van der Waals surface area contributed by atoms with E-state index in [2.05, 4.69) is 15.4 Å². The van der Waals surface area contributed by atoms with Crippen molar-refractivity contribution in [2.24, 2.45) is 5.84 Å². The number of nitrogens with one attached hydrogen (secondary N) is 1. The highest BCUT2D eigenvalue weighted by Gasteiger charge is 2.18. The molecule has 106 valence electrons. The summed E-state index contributed by atoms with van der Waals surface area (Å²) >= 11 is 0. The zero-order valence-electron chi connectivity index (χ0n) is 11.5. The average Bonchev–Trinajstić information content (AvgIpc) is 2.46. The Labute approximate surface area is 117 Å². The standard InChI is InChI=1S/C14H18FN5/c1-10(2)20(9-11-6-4-3-5-7-11)13-12(15)8-17-14(18-13)19-16/h3-8,10H,9,16H2,1-2H3,(H,17,18,19). The van der Waals surface area contributed by atoms with E-state index in [0.717, 1.165) is 11.8 Å². The minimum absolute atomic E-state index is 0.0882. The molecule has 2 rings (SSSR count). The Hall–Kier alpha value is -2.21. The molecule has 2 aromatic rings. The van der Waals surface area contributed by atoms with Gasteiger partial charge in [0.2, 0.25) is 5.95 Å². The van der Waals surface area contributed by atoms with Crippen molar-refractivity contribution in [3.8, 4) is 0 Å². The van der Waals surface area contributed by atoms with Gasteiger partial charge in [0.1, 0.15) is 0 Å². The minimum Gasteiger partial charge on any atom is -0.347 e. The third-order valence-electron chi connectivity index (χ3n) is 2.95. The lowest BCUT2D eigenvalue weighted by atomic mass is 10.2. The van der Waals surface area contributed by atoms with Gasteiger partial charge in [-0.15, -0.1) is 0 Å². The van der Waals surface area contributed by atoms with Gasteiger partial charge in [-0.1, -0.05) is 30.3 Å². The molecule has 20 heavy (non-hydrogen) atoms. The summed E-state index contributed by atoms with van der Waals surface area (Å²) in [7, 11) is 0. The van der Waals surface area contributed by atoms with Gasteiger partial charge in [-0.3, -0.25) is 5.43 Å². The number of anilines is 2. The second-order valence-corrected chi connectivity index (χ2v) is 4.72. The zero-order valence-corrected chi connectivity index (χ0v) is 11.5. The third-order valence-corrected chi connectivity index (χ3v) is 2.95. The van der Waals surface area contributed by atoms with Crippen LogP contribution >= 0.6 is 0 Å². The number of hydrazine groups is 1. The van der Waals surface area contributed by atoms with Crippen LogP contribution in [0.15, 0.2) is 36.5 Å². The van der Waals surface area contributed by atoms with E-state index in [9.17, 15) is 4.39 Å². The summed E-state index contributed by atoms with van der Waals surface area (Å²) in [4.78, 5) is 9.74. The van der Waals surface area contributed by atoms with Crippen LogP contribution in [0.2, 0.25) is 0 Å². The lowest BCUT2D eigenvalue weighted by Crippen LogP contribution is -2.32. The summed E-state index contributed by atoms with van der Waals surface area (Å²) < 4.78 is 14.0. The molecule has 1 aromatic heterocycles. The number of halogens is 1. The molecule has 0 aliphatic heterocycles. The number of nitrogens with two attached hydrogens (primary N) is 1. The van der Waals surface area contributed by atoms with Crippen molar-refractivity contribution in [1.82, 2.24) is 9.97 Å². The summed E-state index contributed by atoms with van der Waals surface area (Å²) in [5.41, 5.74) is 3.42. The summed E-state index contributed by atoms with van der Waals surface area (Å²) in [6.45, 7) is 4.54. The van der Waals surface area contributed by atoms with Crippen molar-refractivity contribution < 1.29 is 4.39 Å². The summed E-state index contributed by atoms with van der Waals surface area (Å²) in [6.07, 6.45) is 1.12. The number of benzene rings is 1. The van der Waals surface area contributed by atoms with Crippen LogP contribution in [0.1, 0.15) is 19.4 Å². The summed E-state index contributed by atoms with van der Waals surface area (Å²) in [6, 6.07) is 9.94. The maximum atomic E-state index is 14.0. The molecule has 0 aliphatic rings. The average molecular weight is 275 g/mol. The van der Waals surface area contributed by atoms with E-state index in [1.165, 1.54) is 0 Å². The van der Waals surface area contributed by atoms with Gasteiger partial charge in [0, 0.05) is 12.6 Å². The smallest absolute Gasteiger partial charge is 0.239 e. The predicted molar refractivity (Wildman–Crippen MR) is 77.6 cm³/mol. The van der Waals surface area contributed by atoms with Gasteiger partial charge in [-0.2, -0.15) is 4.98 Å². The first kappa shape index (κ1) is 14.2. The Morgan fingerprint density at radius 3 is 2.60 bits per heavy atom. The highest BCUT2D eigenvalue weighted by atomic mass is 19.1. The van der Waals surface area contributed by atoms with Crippen LogP contribution in [0.5, 0.6) is 0 Å². The van der Waals surface area contributed by atoms with Gasteiger partial charge in [0.15, 0.2) is 11.6 Å². The molecule has 0 aliphatic carbocycles. The second-order valence-electron chi connectivity index (χ2n) is 4.72. The highest BCUT2D eigenvalue weighted by Crippen LogP contribution is 2.21. The topological polar surface area (TPSA) is 67.1 Å². The fraction of sp³-hybridized carbons (Fsp3) is 0.286. The third kappa shape index (κ3) is 3.21. The molecule has 1 aromatic carbocycles. The van der Waals surface area contributed by atoms with Crippen molar-refractivity contribution >= 4 is 11.8 Å². The van der Waals surface area contributed by atoms with Crippen molar-refractivity contribution in [3.63, 3.8) is 0 Å². The summed E-state index contributed by atoms with van der Waals surface area (Å²) in [5.74, 6) is 5.25. The number of aromatic nitrogens is 2. The van der Waals surface area contributed by atoms with Crippen LogP contribution in [0, 0.1) is 5.82 Å². The van der Waals surface area contributed by atoms with Gasteiger partial charge in [-0.25, -0.2) is 15.2 Å². The van der Waals surface area contributed by atoms with E-state index in [1.54, 1.807) is 0 Å². The first-order valence-corrected chi connectivity index (χ1v) is 6.41. The molecule has 5 nitrogen and oxygen atoms in total. The number of hydrogen-bond acceptors (Lipinski definition) is 5. The van der Waals surface area contributed by atoms with Gasteiger partial charge >= 0.3 is 0 Å². The maximum absolute atomic E-state index is 14.0. The Balaban J connectivity index is 2.33. The molecule has 3 N–H and O–H groups in total. The fourth-order valence-electron chi connectivity index (χ4n) is 1.91. The Kier molecular flexibility index (Phi) is 4.47. The quantitative estimate of drug-likeness (QED) is 0.647. The van der Waals surface area contributed by atoms with E-state index in [0.29, 0.717) is 6.54 Å². The molecular weight excluding hydrogens is 257 g/mol. The SMILES string of the molecule is CC(C)N(Cc1ccccc1)c1nc(NN)ncc1F. The van der Waals surface area contributed by atoms with E-state index in [1.807, 2.05) is 49.1 Å². The minimum atomic E-state index is -0.464. The first-order valence-electron chi connectivity index (χ1n) is 6.41. The normalized spacial score (nSPS) is 10.7. The molecule has 1 heterocycles. The number of hydrogen-bond donors (Lipinski definition) is 2. The van der Waals surface area contributed by atoms with Gasteiger partial charge < -0.3 is 4.90 Å². The Bertz CT molecular complexity index is 559. The van der Waals surface area contributed by atoms with E-state index >= 15 is 0 Å². The van der Waals surface area contributed by atoms with Crippen LogP contribution < -0.4 is 16.2 Å². The van der Waals surface area contributed by atoms with Crippen LogP contribution in [0.4, 0.5) is 16.2 Å². The van der Waals surface area contributed by atoms with E-state index < -0.39 is 5.82 Å². The van der Waals surface area contributed by atoms with Crippen LogP contribution in [-0.4, -0.2) is 16.0 Å². The molecule has 0 saturated carbocycles. The number of rotatable bonds is 5. The number of nitrogen functional groups attached to an aromatic ring is 1. The van der Waals surface area contributed by atoms with E-state index in [4.69, 9.17) is 5.84 Å². The molecule has 0 saturated heterocycles. The van der Waals surface area contributed by atoms with Gasteiger partial charge in [0.25, 0.3) is 0 Å². The Morgan fingerprint density at radius 2 is 2.00 bits per heavy atom. The maximum Gasteiger partial charge on any atom is 0.239 e. The number of nitrogens with zero attached hydrogens (tertiary/aromatic N) is 3. The molecule has 0 unspecified atom stereocenters. The van der Waals surface area contributed by atoms with Crippen LogP contribution in [-0.2, 0) is 6.54 Å². The van der Waals surface area contributed by atoms with Gasteiger partial charge in [0.05, 0.1) is 6.20 Å². The lowest BCUT2D eigenvalue weighted by Gasteiger charge is -2.28. The molecular formula is C14H18FN5. The van der Waals surface area contributed by atoms with E-state index in [-0.39, 0.29) is 17.8 Å². The molecule has 0 radical (unpaired) electrons. The van der Waals surface area contributed by atoms with Crippen LogP contribution in [0.3, 0.4) is 0 Å². The van der Waals surface area contributed by atoms with Crippen molar-refractivity contribution in [2.75, 3.05) is 10.3 Å². The van der Waals surface area contributed by atoms with Crippen molar-refractivity contribution in [2.45, 2.75) is 26.4 Å². The summed E-state index contributed by atoms with van der Waals surface area (Å²) in [5, 5.41) is 0. The monoisotopic (exact) mass is 275 g/mol. The molecule has 0 amide bonds. The largest absolute Gasteiger partial charge is 0.347 e. The van der Waals surface area contributed by atoms with Gasteiger partial charge in [-0.05, 0) is 19.4 Å². The molecule has 0 fully saturated rings. The first-order chi connectivity index (χ1) is 9.61. The fourth-order valence-corrected chi connectivity index (χ4v) is 1.91. The second kappa shape index (κ2) is 6.29. The highest BCUT2D eigenvalue weighted by molar-refractivity contribution is 5.45. The molecule has 6 heteroatoms. The van der Waals surface area contributed by atoms with Crippen molar-refractivity contribution in [3.05, 3.63) is 47.9 Å². The van der Waals surface area contributed by atoms with Crippen molar-refractivity contribution in [1.29, 1.82) is 0 Å². The van der Waals surface area contributed by atoms with Crippen LogP contribution in [0.25, 0.3) is 0 Å².